The maximum absolute atomic E-state index is 12.2. The molecule has 1 amide bonds. The number of carbonyl (C=O) groups excluding carboxylic acids is 1. The summed E-state index contributed by atoms with van der Waals surface area (Å²) in [6, 6.07) is 0. The van der Waals surface area contributed by atoms with Crippen LogP contribution in [-0.4, -0.2) is 45.5 Å². The van der Waals surface area contributed by atoms with Gasteiger partial charge in [-0.3, -0.25) is 9.48 Å². The highest BCUT2D eigenvalue weighted by Crippen LogP contribution is 2.27. The van der Waals surface area contributed by atoms with E-state index in [0.29, 0.717) is 18.2 Å². The molecule has 4 rings (SSSR count). The molecule has 0 saturated carbocycles. The lowest BCUT2D eigenvalue weighted by Gasteiger charge is -2.22. The summed E-state index contributed by atoms with van der Waals surface area (Å²) in [6.45, 7) is 3.52. The summed E-state index contributed by atoms with van der Waals surface area (Å²) in [5.74, 6) is 0.412. The Kier molecular flexibility index (Phi) is 5.07. The van der Waals surface area contributed by atoms with E-state index in [1.54, 1.807) is 22.2 Å². The van der Waals surface area contributed by atoms with Gasteiger partial charge in [0.05, 0.1) is 16.9 Å². The van der Waals surface area contributed by atoms with Gasteiger partial charge in [0, 0.05) is 24.4 Å². The van der Waals surface area contributed by atoms with Gasteiger partial charge in [-0.25, -0.2) is 4.98 Å². The van der Waals surface area contributed by atoms with Gasteiger partial charge in [0.2, 0.25) is 0 Å². The molecule has 1 aliphatic carbocycles. The van der Waals surface area contributed by atoms with Gasteiger partial charge in [0.25, 0.3) is 5.91 Å². The minimum absolute atomic E-state index is 0.155. The van der Waals surface area contributed by atoms with Crippen LogP contribution < -0.4 is 10.6 Å². The van der Waals surface area contributed by atoms with Crippen LogP contribution in [0.1, 0.15) is 45.3 Å². The fraction of sp³-hybridized carbons (Fsp3) is 0.647. The molecule has 0 spiro atoms. The largest absolute Gasteiger partial charge is 0.350 e. The van der Waals surface area contributed by atoms with Crippen LogP contribution >= 0.6 is 11.3 Å². The normalized spacial score (nSPS) is 19.8. The molecule has 0 aromatic carbocycles. The summed E-state index contributed by atoms with van der Waals surface area (Å²) in [6.07, 6.45) is 8.45. The van der Waals surface area contributed by atoms with Crippen LogP contribution in [0.3, 0.4) is 0 Å². The van der Waals surface area contributed by atoms with Crippen molar-refractivity contribution in [3.05, 3.63) is 27.5 Å². The summed E-state index contributed by atoms with van der Waals surface area (Å²) < 4.78 is 1.79. The number of thiazole rings is 1. The summed E-state index contributed by atoms with van der Waals surface area (Å²) in [5.41, 5.74) is 1.66. The van der Waals surface area contributed by atoms with Gasteiger partial charge in [-0.05, 0) is 51.1 Å². The van der Waals surface area contributed by atoms with E-state index in [-0.39, 0.29) is 5.91 Å². The van der Waals surface area contributed by atoms with E-state index >= 15 is 0 Å². The number of aromatic nitrogens is 4. The van der Waals surface area contributed by atoms with E-state index in [1.165, 1.54) is 36.3 Å². The molecule has 134 valence electrons. The molecule has 0 radical (unpaired) electrons. The third-order valence-corrected chi connectivity index (χ3v) is 6.10. The Hall–Kier alpha value is -1.80. The van der Waals surface area contributed by atoms with Gasteiger partial charge in [0.1, 0.15) is 0 Å². The summed E-state index contributed by atoms with van der Waals surface area (Å²) in [7, 11) is 0. The fourth-order valence-electron chi connectivity index (χ4n) is 3.56. The van der Waals surface area contributed by atoms with E-state index in [0.717, 1.165) is 37.5 Å². The van der Waals surface area contributed by atoms with Crippen LogP contribution in [0.5, 0.6) is 0 Å². The molecule has 2 aliphatic rings. The lowest BCUT2D eigenvalue weighted by Crippen LogP contribution is -2.32. The number of amides is 1. The van der Waals surface area contributed by atoms with Crippen molar-refractivity contribution >= 4 is 17.2 Å². The van der Waals surface area contributed by atoms with Crippen molar-refractivity contribution < 1.29 is 4.79 Å². The van der Waals surface area contributed by atoms with Gasteiger partial charge in [-0.1, -0.05) is 5.21 Å². The molecule has 1 atom stereocenters. The molecule has 2 N–H and O–H groups in total. The van der Waals surface area contributed by atoms with E-state index < -0.39 is 0 Å². The zero-order valence-electron chi connectivity index (χ0n) is 14.3. The van der Waals surface area contributed by atoms with Crippen molar-refractivity contribution in [3.8, 4) is 0 Å². The molecule has 0 bridgehead atoms. The highest BCUT2D eigenvalue weighted by atomic mass is 32.1. The molecule has 1 fully saturated rings. The second kappa shape index (κ2) is 7.61. The number of nitrogens with zero attached hydrogens (tertiary/aromatic N) is 4. The van der Waals surface area contributed by atoms with Crippen molar-refractivity contribution in [1.29, 1.82) is 0 Å². The SMILES string of the molecule is O=C(NCCc1nc2c(s1)CCC2)c1cn(C[C@H]2CCCNC2)nn1. The predicted octanol–water partition coefficient (Wildman–Crippen LogP) is 1.20. The lowest BCUT2D eigenvalue weighted by atomic mass is 10.00. The first-order chi connectivity index (χ1) is 12.3. The van der Waals surface area contributed by atoms with Crippen LogP contribution in [0.4, 0.5) is 0 Å². The average Bonchev–Trinajstić information content (AvgIpc) is 3.32. The number of piperidine rings is 1. The van der Waals surface area contributed by atoms with E-state index in [4.69, 9.17) is 0 Å². The Morgan fingerprint density at radius 1 is 1.40 bits per heavy atom. The monoisotopic (exact) mass is 360 g/mol. The number of aryl methyl sites for hydroxylation is 2. The van der Waals surface area contributed by atoms with Crippen LogP contribution in [-0.2, 0) is 25.8 Å². The van der Waals surface area contributed by atoms with Gasteiger partial charge in [-0.2, -0.15) is 0 Å². The second-order valence-electron chi connectivity index (χ2n) is 6.88. The molecule has 25 heavy (non-hydrogen) atoms. The van der Waals surface area contributed by atoms with Crippen LogP contribution in [0.25, 0.3) is 0 Å². The number of hydrogen-bond donors (Lipinski definition) is 2. The van der Waals surface area contributed by atoms with Crippen molar-refractivity contribution in [3.63, 3.8) is 0 Å². The van der Waals surface area contributed by atoms with Crippen molar-refractivity contribution in [2.24, 2.45) is 5.92 Å². The average molecular weight is 360 g/mol. The fourth-order valence-corrected chi connectivity index (χ4v) is 4.72. The molecule has 1 aliphatic heterocycles. The van der Waals surface area contributed by atoms with Crippen LogP contribution in [0, 0.1) is 5.92 Å². The van der Waals surface area contributed by atoms with Crippen LogP contribution in [0.2, 0.25) is 0 Å². The zero-order chi connectivity index (χ0) is 17.1. The van der Waals surface area contributed by atoms with E-state index in [1.807, 2.05) is 0 Å². The number of carbonyl (C=O) groups is 1. The third kappa shape index (κ3) is 4.07. The number of rotatable bonds is 6. The van der Waals surface area contributed by atoms with Crippen molar-refractivity contribution in [1.82, 2.24) is 30.6 Å². The predicted molar refractivity (Wildman–Crippen MR) is 95.8 cm³/mol. The molecule has 8 heteroatoms. The van der Waals surface area contributed by atoms with Crippen molar-refractivity contribution in [2.45, 2.75) is 45.1 Å². The smallest absolute Gasteiger partial charge is 0.273 e. The first-order valence-corrected chi connectivity index (χ1v) is 9.96. The summed E-state index contributed by atoms with van der Waals surface area (Å²) in [5, 5.41) is 15.6. The Balaban J connectivity index is 1.24. The number of fused-ring (bicyclic) bond motifs is 1. The first kappa shape index (κ1) is 16.7. The van der Waals surface area contributed by atoms with Gasteiger partial charge in [0.15, 0.2) is 5.69 Å². The Morgan fingerprint density at radius 2 is 2.36 bits per heavy atom. The van der Waals surface area contributed by atoms with Gasteiger partial charge < -0.3 is 10.6 Å². The van der Waals surface area contributed by atoms with E-state index in [2.05, 4.69) is 25.9 Å². The van der Waals surface area contributed by atoms with Crippen LogP contribution in [0.15, 0.2) is 6.20 Å². The maximum Gasteiger partial charge on any atom is 0.273 e. The molecular formula is C17H24N6OS. The number of nitrogens with one attached hydrogen (secondary N) is 2. The maximum atomic E-state index is 12.2. The molecule has 2 aromatic heterocycles. The lowest BCUT2D eigenvalue weighted by molar-refractivity contribution is 0.0949. The molecule has 3 heterocycles. The number of hydrogen-bond acceptors (Lipinski definition) is 6. The summed E-state index contributed by atoms with van der Waals surface area (Å²) >= 11 is 1.79. The highest BCUT2D eigenvalue weighted by molar-refractivity contribution is 7.11. The first-order valence-electron chi connectivity index (χ1n) is 9.14. The standard InChI is InChI=1S/C17H24N6OS/c24-17(19-8-6-16-20-13-4-1-5-15(13)25-16)14-11-23(22-21-14)10-12-3-2-7-18-9-12/h11-12,18H,1-10H2,(H,19,24)/t12-/m0/s1. The second-order valence-corrected chi connectivity index (χ2v) is 8.04. The Bertz CT molecular complexity index is 712. The van der Waals surface area contributed by atoms with Crippen molar-refractivity contribution in [2.75, 3.05) is 19.6 Å². The third-order valence-electron chi connectivity index (χ3n) is 4.88. The molecule has 2 aromatic rings. The topological polar surface area (TPSA) is 84.7 Å². The Morgan fingerprint density at radius 3 is 3.20 bits per heavy atom. The molecule has 7 nitrogen and oxygen atoms in total. The Labute approximate surface area is 151 Å². The van der Waals surface area contributed by atoms with Gasteiger partial charge in [-0.15, -0.1) is 16.4 Å². The minimum Gasteiger partial charge on any atom is -0.350 e. The van der Waals surface area contributed by atoms with E-state index in [9.17, 15) is 4.79 Å². The molecule has 0 unspecified atom stereocenters. The minimum atomic E-state index is -0.155. The quantitative estimate of drug-likeness (QED) is 0.808. The molecular weight excluding hydrogens is 336 g/mol. The summed E-state index contributed by atoms with van der Waals surface area (Å²) in [4.78, 5) is 18.3. The van der Waals surface area contributed by atoms with Gasteiger partial charge >= 0.3 is 0 Å². The highest BCUT2D eigenvalue weighted by Gasteiger charge is 2.18. The molecule has 1 saturated heterocycles. The zero-order valence-corrected chi connectivity index (χ0v) is 15.1.